The number of nitrogens with one attached hydrogen (secondary N) is 1. The maximum atomic E-state index is 9.17. The molecule has 1 aliphatic heterocycles. The van der Waals surface area contributed by atoms with Crippen molar-refractivity contribution in [3.8, 4) is 17.2 Å². The highest BCUT2D eigenvalue weighted by molar-refractivity contribution is 6.06. The topological polar surface area (TPSA) is 68.6 Å². The number of benzene rings is 1. The van der Waals surface area contributed by atoms with Crippen molar-refractivity contribution in [1.29, 1.82) is 5.26 Å². The van der Waals surface area contributed by atoms with Gasteiger partial charge >= 0.3 is 0 Å². The van der Waals surface area contributed by atoms with Gasteiger partial charge in [0.25, 0.3) is 0 Å². The van der Waals surface area contributed by atoms with Crippen LogP contribution in [0.2, 0.25) is 0 Å². The standard InChI is InChI=1S/C23H21N5/c1-28-7-5-15(6-8-28)16-3-2-4-17(9-16)18-10-21-20-11-19(12-24)25-14-22(20)27-23(21)26-13-18/h2-4,9-11,13-15H,5-8H2,1H3,(H,26,27). The van der Waals surface area contributed by atoms with Crippen LogP contribution < -0.4 is 0 Å². The van der Waals surface area contributed by atoms with Gasteiger partial charge in [-0.2, -0.15) is 5.26 Å². The Balaban J connectivity index is 1.56. The van der Waals surface area contributed by atoms with Crippen LogP contribution in [0.3, 0.4) is 0 Å². The van der Waals surface area contributed by atoms with Crippen LogP contribution in [0.5, 0.6) is 0 Å². The molecule has 4 aromatic rings. The Kier molecular flexibility index (Phi) is 4.07. The van der Waals surface area contributed by atoms with Gasteiger partial charge in [-0.1, -0.05) is 24.3 Å². The van der Waals surface area contributed by atoms with E-state index in [4.69, 9.17) is 5.26 Å². The summed E-state index contributed by atoms with van der Waals surface area (Å²) in [5.41, 5.74) is 5.85. The molecule has 0 aliphatic carbocycles. The van der Waals surface area contributed by atoms with E-state index in [1.807, 2.05) is 12.3 Å². The number of nitrogens with zero attached hydrogens (tertiary/aromatic N) is 4. The number of hydrogen-bond acceptors (Lipinski definition) is 4. The van der Waals surface area contributed by atoms with Crippen LogP contribution in [0, 0.1) is 11.3 Å². The summed E-state index contributed by atoms with van der Waals surface area (Å²) in [4.78, 5) is 14.5. The zero-order valence-corrected chi connectivity index (χ0v) is 15.8. The van der Waals surface area contributed by atoms with Gasteiger partial charge in [0.05, 0.1) is 11.7 Å². The van der Waals surface area contributed by atoms with Gasteiger partial charge in [-0.3, -0.25) is 0 Å². The zero-order valence-electron chi connectivity index (χ0n) is 15.8. The molecule has 5 heteroatoms. The van der Waals surface area contributed by atoms with Crippen molar-refractivity contribution in [1.82, 2.24) is 19.9 Å². The summed E-state index contributed by atoms with van der Waals surface area (Å²) in [7, 11) is 2.20. The summed E-state index contributed by atoms with van der Waals surface area (Å²) < 4.78 is 0. The molecule has 0 unspecified atom stereocenters. The van der Waals surface area contributed by atoms with Crippen molar-refractivity contribution >= 4 is 21.9 Å². The fourth-order valence-corrected chi connectivity index (χ4v) is 4.21. The second-order valence-corrected chi connectivity index (χ2v) is 7.68. The van der Waals surface area contributed by atoms with E-state index in [0.717, 1.165) is 40.6 Å². The summed E-state index contributed by atoms with van der Waals surface area (Å²) in [6.07, 6.45) is 6.05. The van der Waals surface area contributed by atoms with Gasteiger partial charge in [0.2, 0.25) is 0 Å². The minimum atomic E-state index is 0.420. The van der Waals surface area contributed by atoms with E-state index in [1.165, 1.54) is 24.0 Å². The van der Waals surface area contributed by atoms with Gasteiger partial charge in [-0.25, -0.2) is 9.97 Å². The predicted molar refractivity (Wildman–Crippen MR) is 111 cm³/mol. The van der Waals surface area contributed by atoms with E-state index in [1.54, 1.807) is 6.20 Å². The second kappa shape index (κ2) is 6.74. The zero-order chi connectivity index (χ0) is 19.1. The number of hydrogen-bond donors (Lipinski definition) is 1. The van der Waals surface area contributed by atoms with E-state index in [0.29, 0.717) is 11.6 Å². The Morgan fingerprint density at radius 2 is 1.89 bits per heavy atom. The first kappa shape index (κ1) is 16.9. The molecule has 28 heavy (non-hydrogen) atoms. The molecular formula is C23H21N5. The smallest absolute Gasteiger partial charge is 0.141 e. The van der Waals surface area contributed by atoms with E-state index in [9.17, 15) is 0 Å². The highest BCUT2D eigenvalue weighted by Crippen LogP contribution is 2.32. The van der Waals surface area contributed by atoms with Crippen molar-refractivity contribution in [2.75, 3.05) is 20.1 Å². The molecular weight excluding hydrogens is 346 g/mol. The fraction of sp³-hybridized carbons (Fsp3) is 0.261. The van der Waals surface area contributed by atoms with Gasteiger partial charge < -0.3 is 9.88 Å². The van der Waals surface area contributed by atoms with E-state index in [2.05, 4.69) is 63.3 Å². The molecule has 0 saturated carbocycles. The number of fused-ring (bicyclic) bond motifs is 3. The molecule has 0 spiro atoms. The van der Waals surface area contributed by atoms with Crippen molar-refractivity contribution in [3.63, 3.8) is 0 Å². The molecule has 1 N–H and O–H groups in total. The monoisotopic (exact) mass is 367 g/mol. The molecule has 0 bridgehead atoms. The molecule has 1 aromatic carbocycles. The summed E-state index contributed by atoms with van der Waals surface area (Å²) in [5.74, 6) is 0.630. The third-order valence-corrected chi connectivity index (χ3v) is 5.86. The highest BCUT2D eigenvalue weighted by Gasteiger charge is 2.18. The number of aromatic amines is 1. The number of likely N-dealkylation sites (tertiary alicyclic amines) is 1. The first-order valence-electron chi connectivity index (χ1n) is 9.68. The lowest BCUT2D eigenvalue weighted by Crippen LogP contribution is -2.29. The minimum Gasteiger partial charge on any atom is -0.338 e. The number of piperidine rings is 1. The second-order valence-electron chi connectivity index (χ2n) is 7.68. The van der Waals surface area contributed by atoms with Crippen molar-refractivity contribution in [2.45, 2.75) is 18.8 Å². The predicted octanol–water partition coefficient (Wildman–Crippen LogP) is 4.46. The molecule has 5 nitrogen and oxygen atoms in total. The molecule has 1 saturated heterocycles. The van der Waals surface area contributed by atoms with Crippen LogP contribution in [-0.4, -0.2) is 40.0 Å². The number of nitriles is 1. The van der Waals surface area contributed by atoms with Crippen LogP contribution in [0.4, 0.5) is 0 Å². The first-order chi connectivity index (χ1) is 13.7. The lowest BCUT2D eigenvalue weighted by molar-refractivity contribution is 0.255. The lowest BCUT2D eigenvalue weighted by Gasteiger charge is -2.29. The van der Waals surface area contributed by atoms with Crippen LogP contribution in [0.1, 0.15) is 30.0 Å². The number of aromatic nitrogens is 3. The molecule has 1 fully saturated rings. The lowest BCUT2D eigenvalue weighted by atomic mass is 9.88. The van der Waals surface area contributed by atoms with Gasteiger partial charge in [0, 0.05) is 22.5 Å². The van der Waals surface area contributed by atoms with Crippen molar-refractivity contribution in [3.05, 3.63) is 60.0 Å². The van der Waals surface area contributed by atoms with E-state index >= 15 is 0 Å². The molecule has 3 aromatic heterocycles. The SMILES string of the molecule is CN1CCC(c2cccc(-c3cnc4[nH]c5cnc(C#N)cc5c4c3)c2)CC1. The Labute approximate surface area is 163 Å². The third kappa shape index (κ3) is 2.92. The first-order valence-corrected chi connectivity index (χ1v) is 9.68. The summed E-state index contributed by atoms with van der Waals surface area (Å²) in [6, 6.07) is 15.0. The van der Waals surface area contributed by atoms with Crippen LogP contribution in [0.15, 0.2) is 48.8 Å². The minimum absolute atomic E-state index is 0.420. The molecule has 4 heterocycles. The van der Waals surface area contributed by atoms with Crippen LogP contribution >= 0.6 is 0 Å². The fourth-order valence-electron chi connectivity index (χ4n) is 4.21. The summed E-state index contributed by atoms with van der Waals surface area (Å²) in [6.45, 7) is 2.32. The van der Waals surface area contributed by atoms with Gasteiger partial charge in [0.15, 0.2) is 0 Å². The molecule has 0 amide bonds. The largest absolute Gasteiger partial charge is 0.338 e. The maximum absolute atomic E-state index is 9.17. The average Bonchev–Trinajstić information content (AvgIpc) is 3.11. The summed E-state index contributed by atoms with van der Waals surface area (Å²) >= 11 is 0. The van der Waals surface area contributed by atoms with Gasteiger partial charge in [-0.15, -0.1) is 0 Å². The molecule has 5 rings (SSSR count). The molecule has 138 valence electrons. The number of rotatable bonds is 2. The third-order valence-electron chi connectivity index (χ3n) is 5.86. The highest BCUT2D eigenvalue weighted by atomic mass is 15.1. The van der Waals surface area contributed by atoms with E-state index < -0.39 is 0 Å². The maximum Gasteiger partial charge on any atom is 0.141 e. The quantitative estimate of drug-likeness (QED) is 0.568. The van der Waals surface area contributed by atoms with Crippen molar-refractivity contribution in [2.24, 2.45) is 0 Å². The van der Waals surface area contributed by atoms with Crippen LogP contribution in [0.25, 0.3) is 33.1 Å². The number of pyridine rings is 2. The molecule has 0 radical (unpaired) electrons. The number of H-pyrrole nitrogens is 1. The average molecular weight is 367 g/mol. The Bertz CT molecular complexity index is 1210. The van der Waals surface area contributed by atoms with Gasteiger partial charge in [0.1, 0.15) is 17.4 Å². The van der Waals surface area contributed by atoms with Gasteiger partial charge in [-0.05, 0) is 62.2 Å². The summed E-state index contributed by atoms with van der Waals surface area (Å²) in [5, 5.41) is 11.2. The Hall–Kier alpha value is -3.23. The molecule has 0 atom stereocenters. The Morgan fingerprint density at radius 3 is 2.71 bits per heavy atom. The van der Waals surface area contributed by atoms with Crippen molar-refractivity contribution < 1.29 is 0 Å². The molecule has 1 aliphatic rings. The Morgan fingerprint density at radius 1 is 1.04 bits per heavy atom. The van der Waals surface area contributed by atoms with Crippen LogP contribution in [-0.2, 0) is 0 Å². The normalized spacial score (nSPS) is 15.9. The van der Waals surface area contributed by atoms with E-state index in [-0.39, 0.29) is 0 Å².